The molecule has 1 aliphatic carbocycles. The Morgan fingerprint density at radius 3 is 2.57 bits per heavy atom. The van der Waals surface area contributed by atoms with Gasteiger partial charge in [-0.3, -0.25) is 4.79 Å². The first kappa shape index (κ1) is 23.5. The first-order valence-electron chi connectivity index (χ1n) is 12.7. The van der Waals surface area contributed by atoms with Gasteiger partial charge >= 0.3 is 6.01 Å². The van der Waals surface area contributed by atoms with Crippen LogP contribution >= 0.6 is 0 Å². The van der Waals surface area contributed by atoms with Crippen LogP contribution < -0.4 is 15.4 Å². The van der Waals surface area contributed by atoms with Crippen LogP contribution in [0.25, 0.3) is 16.8 Å². The third-order valence-electron chi connectivity index (χ3n) is 6.69. The fourth-order valence-corrected chi connectivity index (χ4v) is 4.72. The number of carbonyl (C=O) groups excluding carboxylic acids is 1. The van der Waals surface area contributed by atoms with Crippen LogP contribution in [0.1, 0.15) is 62.7 Å². The number of rotatable bonds is 8. The highest BCUT2D eigenvalue weighted by molar-refractivity contribution is 5.95. The average Bonchev–Trinajstić information content (AvgIpc) is 3.53. The smallest absolute Gasteiger partial charge is 0.322 e. The number of amides is 1. The number of anilines is 1. The van der Waals surface area contributed by atoms with Gasteiger partial charge in [-0.05, 0) is 76.0 Å². The molecule has 3 aromatic rings. The topological polar surface area (TPSA) is 103 Å². The van der Waals surface area contributed by atoms with Crippen molar-refractivity contribution < 1.29 is 14.3 Å². The second kappa shape index (κ2) is 10.6. The predicted octanol–water partition coefficient (Wildman–Crippen LogP) is 4.09. The lowest BCUT2D eigenvalue weighted by Crippen LogP contribution is -2.29. The van der Waals surface area contributed by atoms with Gasteiger partial charge in [0, 0.05) is 36.9 Å². The third kappa shape index (κ3) is 5.56. The third-order valence-corrected chi connectivity index (χ3v) is 6.69. The van der Waals surface area contributed by atoms with Crippen molar-refractivity contribution in [3.8, 4) is 17.1 Å². The largest absolute Gasteiger partial charge is 0.460 e. The Bertz CT molecular complexity index is 1150. The number of nitrogens with one attached hydrogen (secondary N) is 2. The molecule has 186 valence electrons. The van der Waals surface area contributed by atoms with E-state index in [0.29, 0.717) is 29.1 Å². The first-order valence-corrected chi connectivity index (χ1v) is 12.7. The summed E-state index contributed by atoms with van der Waals surface area (Å²) >= 11 is 0. The highest BCUT2D eigenvalue weighted by Crippen LogP contribution is 2.29. The van der Waals surface area contributed by atoms with E-state index in [0.717, 1.165) is 56.6 Å². The van der Waals surface area contributed by atoms with Gasteiger partial charge in [0.05, 0.1) is 6.20 Å². The predicted molar refractivity (Wildman–Crippen MR) is 134 cm³/mol. The zero-order valence-corrected chi connectivity index (χ0v) is 20.5. The molecule has 0 radical (unpaired) electrons. The van der Waals surface area contributed by atoms with E-state index in [1.807, 2.05) is 38.1 Å². The van der Waals surface area contributed by atoms with Crippen LogP contribution in [0.5, 0.6) is 6.01 Å². The molecular formula is C26H34N6O3. The van der Waals surface area contributed by atoms with Crippen molar-refractivity contribution in [1.82, 2.24) is 24.9 Å². The minimum Gasteiger partial charge on any atom is -0.460 e. The van der Waals surface area contributed by atoms with Gasteiger partial charge in [-0.15, -0.1) is 0 Å². The van der Waals surface area contributed by atoms with Gasteiger partial charge in [0.2, 0.25) is 5.95 Å². The van der Waals surface area contributed by atoms with Gasteiger partial charge < -0.3 is 20.1 Å². The summed E-state index contributed by atoms with van der Waals surface area (Å²) in [5, 5.41) is 11.0. The maximum atomic E-state index is 12.3. The molecule has 1 amide bonds. The van der Waals surface area contributed by atoms with E-state index in [1.165, 1.54) is 12.8 Å². The SMILES string of the molecule is CC(C)NC(=O)c1ccc(-c2cnn3c(NCC4CCOCC4)nc(OC4CCCC4)nc23)cc1. The second-order valence-corrected chi connectivity index (χ2v) is 9.79. The highest BCUT2D eigenvalue weighted by atomic mass is 16.5. The standard InChI is InChI=1S/C26H34N6O3/c1-17(2)29-24(33)20-9-7-19(8-10-20)22-16-28-32-23(22)30-26(35-21-5-3-4-6-21)31-25(32)27-15-18-11-13-34-14-12-18/h7-10,16-18,21H,3-6,11-15H2,1-2H3,(H,29,33)(H,27,30,31). The number of aromatic nitrogens is 4. The van der Waals surface area contributed by atoms with Gasteiger partial charge in [-0.2, -0.15) is 19.6 Å². The molecule has 0 bridgehead atoms. The van der Waals surface area contributed by atoms with E-state index in [2.05, 4.69) is 15.7 Å². The van der Waals surface area contributed by atoms with Crippen molar-refractivity contribution >= 4 is 17.5 Å². The summed E-state index contributed by atoms with van der Waals surface area (Å²) in [6.45, 7) is 6.30. The van der Waals surface area contributed by atoms with Crippen molar-refractivity contribution in [3.05, 3.63) is 36.0 Å². The summed E-state index contributed by atoms with van der Waals surface area (Å²) in [5.41, 5.74) is 3.11. The Morgan fingerprint density at radius 2 is 1.86 bits per heavy atom. The number of carbonyl (C=O) groups is 1. The molecule has 2 fully saturated rings. The number of ether oxygens (including phenoxy) is 2. The zero-order valence-electron chi connectivity index (χ0n) is 20.5. The number of hydrogen-bond donors (Lipinski definition) is 2. The van der Waals surface area contributed by atoms with Gasteiger partial charge in [-0.1, -0.05) is 12.1 Å². The van der Waals surface area contributed by atoms with Crippen LogP contribution in [-0.4, -0.2) is 57.4 Å². The molecule has 0 spiro atoms. The quantitative estimate of drug-likeness (QED) is 0.503. The van der Waals surface area contributed by atoms with Crippen molar-refractivity contribution in [2.45, 2.75) is 64.5 Å². The van der Waals surface area contributed by atoms with Crippen molar-refractivity contribution in [2.24, 2.45) is 5.92 Å². The lowest BCUT2D eigenvalue weighted by Gasteiger charge is -2.22. The Labute approximate surface area is 205 Å². The molecule has 1 saturated carbocycles. The molecular weight excluding hydrogens is 444 g/mol. The molecule has 5 rings (SSSR count). The molecule has 2 aromatic heterocycles. The van der Waals surface area contributed by atoms with Gasteiger partial charge in [0.25, 0.3) is 5.91 Å². The molecule has 0 unspecified atom stereocenters. The summed E-state index contributed by atoms with van der Waals surface area (Å²) in [5.74, 6) is 1.08. The Hall–Kier alpha value is -3.20. The van der Waals surface area contributed by atoms with E-state index in [-0.39, 0.29) is 18.1 Å². The molecule has 2 aliphatic rings. The van der Waals surface area contributed by atoms with Crippen molar-refractivity contribution in [3.63, 3.8) is 0 Å². The average molecular weight is 479 g/mol. The summed E-state index contributed by atoms with van der Waals surface area (Å²) in [6.07, 6.45) is 8.45. The lowest BCUT2D eigenvalue weighted by atomic mass is 10.0. The van der Waals surface area contributed by atoms with E-state index < -0.39 is 0 Å². The van der Waals surface area contributed by atoms with Gasteiger partial charge in [0.15, 0.2) is 5.65 Å². The lowest BCUT2D eigenvalue weighted by molar-refractivity contribution is 0.0698. The van der Waals surface area contributed by atoms with E-state index in [1.54, 1.807) is 10.7 Å². The monoisotopic (exact) mass is 478 g/mol. The number of benzene rings is 1. The fraction of sp³-hybridized carbons (Fsp3) is 0.538. The van der Waals surface area contributed by atoms with Crippen molar-refractivity contribution in [1.29, 1.82) is 0 Å². The Kier molecular flexibility index (Phi) is 7.13. The molecule has 1 aromatic carbocycles. The second-order valence-electron chi connectivity index (χ2n) is 9.79. The maximum Gasteiger partial charge on any atom is 0.322 e. The molecule has 1 saturated heterocycles. The van der Waals surface area contributed by atoms with Crippen LogP contribution in [0.4, 0.5) is 5.95 Å². The Balaban J connectivity index is 1.44. The van der Waals surface area contributed by atoms with E-state index >= 15 is 0 Å². The Morgan fingerprint density at radius 1 is 1.11 bits per heavy atom. The summed E-state index contributed by atoms with van der Waals surface area (Å²) in [6, 6.07) is 8.00. The molecule has 2 N–H and O–H groups in total. The van der Waals surface area contributed by atoms with Gasteiger partial charge in [0.1, 0.15) is 6.10 Å². The van der Waals surface area contributed by atoms with E-state index in [4.69, 9.17) is 19.4 Å². The van der Waals surface area contributed by atoms with Crippen LogP contribution in [0.2, 0.25) is 0 Å². The minimum absolute atomic E-state index is 0.0828. The molecule has 35 heavy (non-hydrogen) atoms. The van der Waals surface area contributed by atoms with Crippen LogP contribution in [0.3, 0.4) is 0 Å². The van der Waals surface area contributed by atoms with Crippen LogP contribution in [0.15, 0.2) is 30.5 Å². The van der Waals surface area contributed by atoms with Crippen molar-refractivity contribution in [2.75, 3.05) is 25.1 Å². The normalized spacial score (nSPS) is 17.2. The zero-order chi connectivity index (χ0) is 24.2. The minimum atomic E-state index is -0.0828. The molecule has 0 atom stereocenters. The summed E-state index contributed by atoms with van der Waals surface area (Å²) in [4.78, 5) is 21.8. The highest BCUT2D eigenvalue weighted by Gasteiger charge is 2.22. The summed E-state index contributed by atoms with van der Waals surface area (Å²) < 4.78 is 13.4. The summed E-state index contributed by atoms with van der Waals surface area (Å²) in [7, 11) is 0. The fourth-order valence-electron chi connectivity index (χ4n) is 4.72. The molecule has 3 heterocycles. The van der Waals surface area contributed by atoms with E-state index in [9.17, 15) is 4.79 Å². The number of hydrogen-bond acceptors (Lipinski definition) is 7. The van der Waals surface area contributed by atoms with Gasteiger partial charge in [-0.25, -0.2) is 0 Å². The number of nitrogens with zero attached hydrogens (tertiary/aromatic N) is 4. The van der Waals surface area contributed by atoms with Crippen LogP contribution in [0, 0.1) is 5.92 Å². The maximum absolute atomic E-state index is 12.3. The first-order chi connectivity index (χ1) is 17.1. The molecule has 9 nitrogen and oxygen atoms in total. The van der Waals surface area contributed by atoms with Crippen LogP contribution in [-0.2, 0) is 4.74 Å². The number of fused-ring (bicyclic) bond motifs is 1. The molecule has 9 heteroatoms. The molecule has 1 aliphatic heterocycles.